The highest BCUT2D eigenvalue weighted by Gasteiger charge is 2.22. The molecule has 90 valence electrons. The molecule has 0 spiro atoms. The van der Waals surface area contributed by atoms with Gasteiger partial charge in [0.25, 0.3) is 0 Å². The molecule has 1 atom stereocenters. The molecule has 0 aliphatic rings. The summed E-state index contributed by atoms with van der Waals surface area (Å²) in [6.07, 6.45) is 0.183. The van der Waals surface area contributed by atoms with Crippen molar-refractivity contribution >= 4 is 5.69 Å². The van der Waals surface area contributed by atoms with Crippen molar-refractivity contribution in [2.75, 3.05) is 12.4 Å². The van der Waals surface area contributed by atoms with Gasteiger partial charge in [0, 0.05) is 7.05 Å². The van der Waals surface area contributed by atoms with E-state index in [0.29, 0.717) is 0 Å². The Labute approximate surface area is 99.0 Å². The highest BCUT2D eigenvalue weighted by Crippen LogP contribution is 2.30. The van der Waals surface area contributed by atoms with Crippen molar-refractivity contribution in [3.8, 4) is 5.75 Å². The van der Waals surface area contributed by atoms with Crippen LogP contribution in [0.5, 0.6) is 5.75 Å². The lowest BCUT2D eigenvalue weighted by molar-refractivity contribution is 0.104. The van der Waals surface area contributed by atoms with Crippen molar-refractivity contribution in [2.45, 2.75) is 40.7 Å². The summed E-state index contributed by atoms with van der Waals surface area (Å²) >= 11 is 0. The summed E-state index contributed by atoms with van der Waals surface area (Å²) in [6, 6.07) is 6.21. The maximum absolute atomic E-state index is 5.99. The number of ether oxygens (including phenoxy) is 1. The molecule has 1 aromatic carbocycles. The molecule has 0 saturated heterocycles. The smallest absolute Gasteiger partial charge is 0.142 e. The monoisotopic (exact) mass is 221 g/mol. The van der Waals surface area contributed by atoms with Crippen LogP contribution in [0.15, 0.2) is 18.2 Å². The molecule has 0 amide bonds. The average molecular weight is 221 g/mol. The van der Waals surface area contributed by atoms with Gasteiger partial charge in [-0.1, -0.05) is 26.8 Å². The molecule has 0 heterocycles. The van der Waals surface area contributed by atoms with Crippen LogP contribution in [-0.2, 0) is 0 Å². The van der Waals surface area contributed by atoms with Crippen LogP contribution in [0.25, 0.3) is 0 Å². The van der Waals surface area contributed by atoms with Gasteiger partial charge in [-0.05, 0) is 37.0 Å². The van der Waals surface area contributed by atoms with Gasteiger partial charge < -0.3 is 10.1 Å². The summed E-state index contributed by atoms with van der Waals surface area (Å²) in [5, 5.41) is 3.17. The van der Waals surface area contributed by atoms with Gasteiger partial charge >= 0.3 is 0 Å². The molecule has 1 N–H and O–H groups in total. The summed E-state index contributed by atoms with van der Waals surface area (Å²) in [4.78, 5) is 0. The molecule has 1 aromatic rings. The van der Waals surface area contributed by atoms with E-state index in [1.165, 1.54) is 5.56 Å². The number of hydrogen-bond acceptors (Lipinski definition) is 2. The molecule has 2 nitrogen and oxygen atoms in total. The average Bonchev–Trinajstić information content (AvgIpc) is 2.19. The molecule has 0 aliphatic heterocycles. The summed E-state index contributed by atoms with van der Waals surface area (Å²) < 4.78 is 5.99. The number of aryl methyl sites for hydroxylation is 1. The Morgan fingerprint density at radius 1 is 1.25 bits per heavy atom. The maximum Gasteiger partial charge on any atom is 0.142 e. The minimum atomic E-state index is 0.149. The van der Waals surface area contributed by atoms with E-state index in [0.717, 1.165) is 11.4 Å². The standard InChI is InChI=1S/C14H23NO/c1-10-7-8-13(12(9-10)15-6)16-11(2)14(3,4)5/h7-9,11,15H,1-6H3. The van der Waals surface area contributed by atoms with E-state index in [-0.39, 0.29) is 11.5 Å². The van der Waals surface area contributed by atoms with Crippen LogP contribution in [0.3, 0.4) is 0 Å². The van der Waals surface area contributed by atoms with Gasteiger partial charge in [-0.15, -0.1) is 0 Å². The predicted octanol–water partition coefficient (Wildman–Crippen LogP) is 3.85. The minimum absolute atomic E-state index is 0.149. The number of rotatable bonds is 3. The number of benzene rings is 1. The Morgan fingerprint density at radius 2 is 1.88 bits per heavy atom. The predicted molar refractivity (Wildman–Crippen MR) is 70.3 cm³/mol. The second-order valence-electron chi connectivity index (χ2n) is 5.38. The maximum atomic E-state index is 5.99. The Kier molecular flexibility index (Phi) is 3.84. The van der Waals surface area contributed by atoms with Crippen molar-refractivity contribution in [1.82, 2.24) is 0 Å². The molecule has 16 heavy (non-hydrogen) atoms. The zero-order valence-corrected chi connectivity index (χ0v) is 11.2. The van der Waals surface area contributed by atoms with Gasteiger partial charge in [0.15, 0.2) is 0 Å². The Balaban J connectivity index is 2.89. The first-order valence-electron chi connectivity index (χ1n) is 5.79. The summed E-state index contributed by atoms with van der Waals surface area (Å²) in [5.41, 5.74) is 2.44. The fraction of sp³-hybridized carbons (Fsp3) is 0.571. The van der Waals surface area contributed by atoms with Crippen molar-refractivity contribution < 1.29 is 4.74 Å². The first-order chi connectivity index (χ1) is 7.34. The zero-order valence-electron chi connectivity index (χ0n) is 11.2. The zero-order chi connectivity index (χ0) is 12.3. The lowest BCUT2D eigenvalue weighted by Crippen LogP contribution is -2.29. The topological polar surface area (TPSA) is 21.3 Å². The SMILES string of the molecule is CNc1cc(C)ccc1OC(C)C(C)(C)C. The summed E-state index contributed by atoms with van der Waals surface area (Å²) in [6.45, 7) is 10.7. The van der Waals surface area contributed by atoms with E-state index in [9.17, 15) is 0 Å². The van der Waals surface area contributed by atoms with Crippen molar-refractivity contribution in [3.05, 3.63) is 23.8 Å². The van der Waals surface area contributed by atoms with Crippen molar-refractivity contribution in [1.29, 1.82) is 0 Å². The first-order valence-corrected chi connectivity index (χ1v) is 5.79. The summed E-state index contributed by atoms with van der Waals surface area (Å²) in [7, 11) is 1.92. The second kappa shape index (κ2) is 4.77. The van der Waals surface area contributed by atoms with Crippen LogP contribution < -0.4 is 10.1 Å². The van der Waals surface area contributed by atoms with Crippen LogP contribution in [0.2, 0.25) is 0 Å². The molecule has 1 rings (SSSR count). The fourth-order valence-corrected chi connectivity index (χ4v) is 1.31. The van der Waals surface area contributed by atoms with E-state index >= 15 is 0 Å². The third-order valence-electron chi connectivity index (χ3n) is 2.93. The van der Waals surface area contributed by atoms with Gasteiger partial charge in [0.1, 0.15) is 11.9 Å². The molecule has 0 saturated carbocycles. The Morgan fingerprint density at radius 3 is 2.38 bits per heavy atom. The van der Waals surface area contributed by atoms with Crippen LogP contribution in [-0.4, -0.2) is 13.2 Å². The molecule has 0 aromatic heterocycles. The van der Waals surface area contributed by atoms with Gasteiger partial charge in [0.05, 0.1) is 5.69 Å². The quantitative estimate of drug-likeness (QED) is 0.837. The van der Waals surface area contributed by atoms with Crippen LogP contribution in [0.1, 0.15) is 33.3 Å². The third-order valence-corrected chi connectivity index (χ3v) is 2.93. The van der Waals surface area contributed by atoms with E-state index in [1.807, 2.05) is 13.1 Å². The Bertz CT molecular complexity index is 352. The third kappa shape index (κ3) is 3.16. The van der Waals surface area contributed by atoms with Crippen molar-refractivity contribution in [3.63, 3.8) is 0 Å². The van der Waals surface area contributed by atoms with E-state index in [4.69, 9.17) is 4.74 Å². The van der Waals surface area contributed by atoms with Gasteiger partial charge in [-0.3, -0.25) is 0 Å². The molecular formula is C14H23NO. The van der Waals surface area contributed by atoms with Gasteiger partial charge in [-0.25, -0.2) is 0 Å². The van der Waals surface area contributed by atoms with Gasteiger partial charge in [0.2, 0.25) is 0 Å². The molecule has 2 heteroatoms. The highest BCUT2D eigenvalue weighted by molar-refractivity contribution is 5.57. The molecule has 1 unspecified atom stereocenters. The number of anilines is 1. The number of nitrogens with one attached hydrogen (secondary N) is 1. The van der Waals surface area contributed by atoms with Crippen LogP contribution >= 0.6 is 0 Å². The van der Waals surface area contributed by atoms with Crippen LogP contribution in [0, 0.1) is 12.3 Å². The lowest BCUT2D eigenvalue weighted by atomic mass is 9.90. The van der Waals surface area contributed by atoms with E-state index in [1.54, 1.807) is 0 Å². The summed E-state index contributed by atoms with van der Waals surface area (Å²) in [5.74, 6) is 0.926. The largest absolute Gasteiger partial charge is 0.488 e. The first kappa shape index (κ1) is 12.9. The Hall–Kier alpha value is -1.18. The molecule has 0 radical (unpaired) electrons. The molecule has 0 aliphatic carbocycles. The molecular weight excluding hydrogens is 198 g/mol. The fourth-order valence-electron chi connectivity index (χ4n) is 1.31. The van der Waals surface area contributed by atoms with Crippen molar-refractivity contribution in [2.24, 2.45) is 5.41 Å². The normalized spacial score (nSPS) is 13.4. The van der Waals surface area contributed by atoms with Gasteiger partial charge in [-0.2, -0.15) is 0 Å². The molecule has 0 bridgehead atoms. The number of hydrogen-bond donors (Lipinski definition) is 1. The molecule has 0 fully saturated rings. The van der Waals surface area contributed by atoms with E-state index in [2.05, 4.69) is 52.1 Å². The van der Waals surface area contributed by atoms with E-state index < -0.39 is 0 Å². The highest BCUT2D eigenvalue weighted by atomic mass is 16.5. The second-order valence-corrected chi connectivity index (χ2v) is 5.38. The minimum Gasteiger partial charge on any atom is -0.488 e. The van der Waals surface area contributed by atoms with Crippen LogP contribution in [0.4, 0.5) is 5.69 Å². The lowest BCUT2D eigenvalue weighted by Gasteiger charge is -2.28.